The molecule has 3 saturated heterocycles. The molecule has 1 amide bonds. The van der Waals surface area contributed by atoms with Gasteiger partial charge in [0.1, 0.15) is 73.2 Å². The van der Waals surface area contributed by atoms with E-state index >= 15 is 0 Å². The Labute approximate surface area is 701 Å². The number of carbonyl (C=O) groups is 1. The van der Waals surface area contributed by atoms with Crippen LogP contribution in [0.2, 0.25) is 0 Å². The van der Waals surface area contributed by atoms with E-state index in [1.807, 2.05) is 6.08 Å². The molecule has 0 aromatic carbocycles. The van der Waals surface area contributed by atoms with Crippen molar-refractivity contribution in [3.63, 3.8) is 0 Å². The molecule has 0 radical (unpaired) electrons. The van der Waals surface area contributed by atoms with Gasteiger partial charge in [-0.05, 0) is 51.4 Å². The maximum Gasteiger partial charge on any atom is 0.220 e. The van der Waals surface area contributed by atoms with Gasteiger partial charge < -0.3 is 89.9 Å². The molecular formula is C96H181NO18. The van der Waals surface area contributed by atoms with Crippen molar-refractivity contribution in [1.82, 2.24) is 5.32 Å². The fourth-order valence-electron chi connectivity index (χ4n) is 16.7. The fraction of sp³-hybridized carbons (Fsp3) is 0.927. The smallest absolute Gasteiger partial charge is 0.220 e. The molecule has 0 spiro atoms. The molecule has 3 heterocycles. The molecular weight excluding hydrogens is 1460 g/mol. The number of ether oxygens (including phenoxy) is 6. The Bertz CT molecular complexity index is 2210. The summed E-state index contributed by atoms with van der Waals surface area (Å²) in [4.78, 5) is 13.5. The van der Waals surface area contributed by atoms with Gasteiger partial charge >= 0.3 is 0 Å². The van der Waals surface area contributed by atoms with Gasteiger partial charge in [0.15, 0.2) is 18.9 Å². The zero-order valence-corrected chi connectivity index (χ0v) is 73.6. The molecule has 19 nitrogen and oxygen atoms in total. The Morgan fingerprint density at radius 2 is 0.574 bits per heavy atom. The van der Waals surface area contributed by atoms with E-state index in [0.29, 0.717) is 6.42 Å². The second kappa shape index (κ2) is 75.7. The second-order valence-corrected chi connectivity index (χ2v) is 34.9. The Morgan fingerprint density at radius 3 is 0.887 bits per heavy atom. The number of aliphatic hydroxyl groups excluding tert-OH is 11. The van der Waals surface area contributed by atoms with Crippen molar-refractivity contribution in [1.29, 1.82) is 0 Å². The normalized spacial score (nSPS) is 24.7. The van der Waals surface area contributed by atoms with Crippen LogP contribution >= 0.6 is 0 Å². The van der Waals surface area contributed by atoms with E-state index in [-0.39, 0.29) is 18.9 Å². The number of nitrogens with one attached hydrogen (secondary N) is 1. The molecule has 19 heteroatoms. The van der Waals surface area contributed by atoms with Crippen LogP contribution in [0.4, 0.5) is 0 Å². The summed E-state index contributed by atoms with van der Waals surface area (Å²) in [6.45, 7) is 1.81. The van der Waals surface area contributed by atoms with Crippen LogP contribution in [-0.4, -0.2) is 193 Å². The summed E-state index contributed by atoms with van der Waals surface area (Å²) in [5.41, 5.74) is 0. The highest BCUT2D eigenvalue weighted by atomic mass is 16.8. The van der Waals surface area contributed by atoms with Crippen LogP contribution in [0, 0.1) is 0 Å². The summed E-state index contributed by atoms with van der Waals surface area (Å²) < 4.78 is 34.6. The van der Waals surface area contributed by atoms with E-state index in [0.717, 1.165) is 51.4 Å². The molecule has 0 saturated carbocycles. The molecule has 3 rings (SSSR count). The minimum absolute atomic E-state index is 0.249. The molecule has 17 atom stereocenters. The van der Waals surface area contributed by atoms with E-state index < -0.39 is 124 Å². The Kier molecular flexibility index (Phi) is 70.6. The van der Waals surface area contributed by atoms with Crippen LogP contribution in [0.5, 0.6) is 0 Å². The molecule has 0 aliphatic carbocycles. The number of unbranched alkanes of at least 4 members (excludes halogenated alkanes) is 61. The van der Waals surface area contributed by atoms with Gasteiger partial charge in [-0.15, -0.1) is 0 Å². The highest BCUT2D eigenvalue weighted by Gasteiger charge is 2.54. The van der Waals surface area contributed by atoms with Crippen LogP contribution in [0.15, 0.2) is 36.5 Å². The van der Waals surface area contributed by atoms with Gasteiger partial charge in [0.2, 0.25) is 5.91 Å². The van der Waals surface area contributed by atoms with Gasteiger partial charge in [-0.25, -0.2) is 0 Å². The molecule has 115 heavy (non-hydrogen) atoms. The van der Waals surface area contributed by atoms with Crippen LogP contribution in [0.3, 0.4) is 0 Å². The lowest BCUT2D eigenvalue weighted by Crippen LogP contribution is -2.66. The zero-order valence-electron chi connectivity index (χ0n) is 73.6. The minimum Gasteiger partial charge on any atom is -0.394 e. The Morgan fingerprint density at radius 1 is 0.313 bits per heavy atom. The second-order valence-electron chi connectivity index (χ2n) is 34.9. The van der Waals surface area contributed by atoms with Crippen LogP contribution in [0.1, 0.15) is 438 Å². The minimum atomic E-state index is -1.98. The zero-order chi connectivity index (χ0) is 83.1. The molecule has 12 N–H and O–H groups in total. The van der Waals surface area contributed by atoms with E-state index in [1.54, 1.807) is 6.08 Å². The van der Waals surface area contributed by atoms with Gasteiger partial charge in [-0.3, -0.25) is 4.79 Å². The number of hydrogen-bond donors (Lipinski definition) is 12. The lowest BCUT2D eigenvalue weighted by atomic mass is 9.96. The summed E-state index contributed by atoms with van der Waals surface area (Å²) in [6, 6.07) is -0.974. The maximum absolute atomic E-state index is 13.5. The van der Waals surface area contributed by atoms with Crippen molar-refractivity contribution in [3.8, 4) is 0 Å². The molecule has 0 aromatic rings. The highest BCUT2D eigenvalue weighted by molar-refractivity contribution is 5.76. The molecule has 3 fully saturated rings. The third kappa shape index (κ3) is 53.6. The van der Waals surface area contributed by atoms with Gasteiger partial charge in [-0.2, -0.15) is 0 Å². The molecule has 17 unspecified atom stereocenters. The molecule has 0 bridgehead atoms. The number of hydrogen-bond acceptors (Lipinski definition) is 18. The Balaban J connectivity index is 1.29. The van der Waals surface area contributed by atoms with Gasteiger partial charge in [0, 0.05) is 6.42 Å². The maximum atomic E-state index is 13.5. The van der Waals surface area contributed by atoms with E-state index in [9.17, 15) is 61.0 Å². The number of carbonyl (C=O) groups excluding carboxylic acids is 1. The van der Waals surface area contributed by atoms with Gasteiger partial charge in [0.25, 0.3) is 0 Å². The lowest BCUT2D eigenvalue weighted by Gasteiger charge is -2.48. The third-order valence-electron chi connectivity index (χ3n) is 24.4. The quantitative estimate of drug-likeness (QED) is 0.0199. The van der Waals surface area contributed by atoms with Crippen LogP contribution in [-0.2, 0) is 33.2 Å². The highest BCUT2D eigenvalue weighted by Crippen LogP contribution is 2.34. The summed E-state index contributed by atoms with van der Waals surface area (Å²) in [6.07, 6.45) is 71.8. The SMILES string of the molecule is CCCCCCC/C=C\C/C=C\CCCCCCCCCCCCCCCCCCCCCCCCCCCCCC(=O)NC(COC1OC(CO)C(OC2OC(CO)C(OC3OC(CO)C(O)C(O)C3O)C(O)C2O)C(O)C1O)C(O)/C=C/CCCCCCCCCCCCCCCCCCCCCCCCCCCCCCC. The lowest BCUT2D eigenvalue weighted by molar-refractivity contribution is -0.379. The first-order valence-electron chi connectivity index (χ1n) is 48.7. The van der Waals surface area contributed by atoms with Crippen molar-refractivity contribution < 1.29 is 89.4 Å². The number of amides is 1. The monoisotopic (exact) mass is 1640 g/mol. The van der Waals surface area contributed by atoms with E-state index in [4.69, 9.17) is 28.4 Å². The van der Waals surface area contributed by atoms with Crippen LogP contribution in [0.25, 0.3) is 0 Å². The van der Waals surface area contributed by atoms with Crippen molar-refractivity contribution in [2.45, 2.75) is 542 Å². The number of aliphatic hydroxyl groups is 11. The predicted molar refractivity (Wildman–Crippen MR) is 466 cm³/mol. The first-order chi connectivity index (χ1) is 56.3. The average Bonchev–Trinajstić information content (AvgIpc) is 0.779. The summed E-state index contributed by atoms with van der Waals surface area (Å²) in [7, 11) is 0. The number of rotatable bonds is 81. The summed E-state index contributed by atoms with van der Waals surface area (Å²) in [5.74, 6) is -0.265. The molecule has 3 aliphatic rings. The van der Waals surface area contributed by atoms with Gasteiger partial charge in [0.05, 0.1) is 38.6 Å². The molecule has 678 valence electrons. The Hall–Kier alpha value is -1.99. The fourth-order valence-corrected chi connectivity index (χ4v) is 16.7. The number of allylic oxidation sites excluding steroid dienone is 5. The third-order valence-corrected chi connectivity index (χ3v) is 24.4. The van der Waals surface area contributed by atoms with E-state index in [1.165, 1.54) is 360 Å². The van der Waals surface area contributed by atoms with Gasteiger partial charge in [-0.1, -0.05) is 416 Å². The summed E-state index contributed by atoms with van der Waals surface area (Å²) >= 11 is 0. The standard InChI is InChI=1S/C96H181NO18/c1-3-5-7-9-11-13-15-17-19-21-23-25-27-29-31-33-35-36-37-38-39-40-41-42-44-46-48-50-52-54-56-58-60-62-64-66-68-70-72-74-84(102)97-79(80(101)73-71-69-67-65-63-61-59-57-55-53-51-49-47-45-43-34-32-30-28-26-24-22-20-18-16-14-12-10-8-6-4-2)78-110-94-90(108)87(105)92(82(76-99)112-94)115-96-91(109)88(106)93(83(77-100)113-96)114-95-89(107)86(104)85(103)81(75-98)111-95/h15,17,21,23,71,73,79-83,85-96,98-101,103-109H,3-14,16,18-20,22,24-70,72,74-78H2,1-2H3,(H,97,102)/b17-15-,23-21-,73-71+. The average molecular weight is 1640 g/mol. The predicted octanol–water partition coefficient (Wildman–Crippen LogP) is 19.8. The molecule has 0 aromatic heterocycles. The summed E-state index contributed by atoms with van der Waals surface area (Å²) in [5, 5.41) is 121. The van der Waals surface area contributed by atoms with Crippen molar-refractivity contribution >= 4 is 5.91 Å². The van der Waals surface area contributed by atoms with Crippen molar-refractivity contribution in [2.75, 3.05) is 26.4 Å². The van der Waals surface area contributed by atoms with Crippen molar-refractivity contribution in [2.24, 2.45) is 0 Å². The first kappa shape index (κ1) is 107. The van der Waals surface area contributed by atoms with Crippen molar-refractivity contribution in [3.05, 3.63) is 36.5 Å². The molecule has 3 aliphatic heterocycles. The topological polar surface area (TPSA) is 307 Å². The van der Waals surface area contributed by atoms with E-state index in [2.05, 4.69) is 43.5 Å². The van der Waals surface area contributed by atoms with Crippen LogP contribution < -0.4 is 5.32 Å². The first-order valence-corrected chi connectivity index (χ1v) is 48.7. The largest absolute Gasteiger partial charge is 0.394 e.